The summed E-state index contributed by atoms with van der Waals surface area (Å²) in [5.74, 6) is 0.0986. The summed E-state index contributed by atoms with van der Waals surface area (Å²) in [6, 6.07) is 0. The predicted octanol–water partition coefficient (Wildman–Crippen LogP) is 2.36. The van der Waals surface area contributed by atoms with Crippen LogP contribution in [0.15, 0.2) is 5.16 Å². The molecule has 2 unspecified atom stereocenters. The van der Waals surface area contributed by atoms with Crippen LogP contribution in [-0.4, -0.2) is 65.4 Å². The monoisotopic (exact) mass is 380 g/mol. The van der Waals surface area contributed by atoms with Crippen LogP contribution in [-0.2, 0) is 16.0 Å². The lowest BCUT2D eigenvalue weighted by Crippen LogP contribution is -2.46. The zero-order valence-electron chi connectivity index (χ0n) is 16.7. The fourth-order valence-corrected chi connectivity index (χ4v) is 3.94. The molecule has 0 aliphatic carbocycles. The Morgan fingerprint density at radius 3 is 2.42 bits per heavy atom. The number of aromatic nitrogens is 2. The SMILES string of the molecule is CSc1nc(C)c(CCC(=O)NCCCN2CC(C)OC(C)C2)c(C)n1. The standard InChI is InChI=1S/C19H32N4O2S/c1-13-11-23(12-14(2)25-13)10-6-9-20-18(24)8-7-17-15(3)21-19(26-5)22-16(17)4/h13-14H,6-12H2,1-5H3,(H,20,24). The van der Waals surface area contributed by atoms with E-state index in [-0.39, 0.29) is 5.91 Å². The summed E-state index contributed by atoms with van der Waals surface area (Å²) >= 11 is 1.54. The fraction of sp³-hybridized carbons (Fsp3) is 0.737. The molecule has 0 radical (unpaired) electrons. The molecule has 2 atom stereocenters. The van der Waals surface area contributed by atoms with Crippen molar-refractivity contribution in [3.05, 3.63) is 17.0 Å². The molecule has 1 fully saturated rings. The molecular formula is C19H32N4O2S. The Morgan fingerprint density at radius 2 is 1.85 bits per heavy atom. The van der Waals surface area contributed by atoms with Crippen LogP contribution in [0.2, 0.25) is 0 Å². The van der Waals surface area contributed by atoms with Gasteiger partial charge in [-0.15, -0.1) is 0 Å². The lowest BCUT2D eigenvalue weighted by molar-refractivity contribution is -0.121. The lowest BCUT2D eigenvalue weighted by Gasteiger charge is -2.35. The Labute approximate surface area is 161 Å². The van der Waals surface area contributed by atoms with E-state index in [1.54, 1.807) is 11.8 Å². The van der Waals surface area contributed by atoms with Gasteiger partial charge in [0.15, 0.2) is 5.16 Å². The molecule has 1 amide bonds. The van der Waals surface area contributed by atoms with Gasteiger partial charge in [0.05, 0.1) is 12.2 Å². The first-order valence-corrected chi connectivity index (χ1v) is 10.6. The molecule has 0 bridgehead atoms. The molecular weight excluding hydrogens is 348 g/mol. The van der Waals surface area contributed by atoms with Crippen molar-refractivity contribution in [3.63, 3.8) is 0 Å². The highest BCUT2D eigenvalue weighted by Gasteiger charge is 2.21. The van der Waals surface area contributed by atoms with Crippen molar-refractivity contribution in [2.75, 3.05) is 32.4 Å². The van der Waals surface area contributed by atoms with E-state index in [9.17, 15) is 4.79 Å². The van der Waals surface area contributed by atoms with E-state index in [1.807, 2.05) is 20.1 Å². The van der Waals surface area contributed by atoms with E-state index >= 15 is 0 Å². The Kier molecular flexibility index (Phi) is 8.31. The zero-order valence-corrected chi connectivity index (χ0v) is 17.5. The second-order valence-corrected chi connectivity index (χ2v) is 7.85. The van der Waals surface area contributed by atoms with Crippen molar-refractivity contribution in [2.24, 2.45) is 0 Å². The highest BCUT2D eigenvalue weighted by Crippen LogP contribution is 2.17. The summed E-state index contributed by atoms with van der Waals surface area (Å²) in [4.78, 5) is 23.5. The zero-order chi connectivity index (χ0) is 19.1. The van der Waals surface area contributed by atoms with E-state index in [1.165, 1.54) is 0 Å². The number of hydrogen-bond acceptors (Lipinski definition) is 6. The minimum Gasteiger partial charge on any atom is -0.373 e. The highest BCUT2D eigenvalue weighted by atomic mass is 32.2. The molecule has 6 nitrogen and oxygen atoms in total. The van der Waals surface area contributed by atoms with Gasteiger partial charge in [0.1, 0.15) is 0 Å². The summed E-state index contributed by atoms with van der Waals surface area (Å²) in [5, 5.41) is 3.83. The van der Waals surface area contributed by atoms with Crippen molar-refractivity contribution in [1.29, 1.82) is 0 Å². The normalized spacial score (nSPS) is 21.0. The number of morpholine rings is 1. The maximum absolute atomic E-state index is 12.1. The molecule has 2 heterocycles. The maximum Gasteiger partial charge on any atom is 0.220 e. The third-order valence-corrected chi connectivity index (χ3v) is 5.20. The van der Waals surface area contributed by atoms with Crippen LogP contribution in [0, 0.1) is 13.8 Å². The van der Waals surface area contributed by atoms with Crippen LogP contribution in [0.25, 0.3) is 0 Å². The second-order valence-electron chi connectivity index (χ2n) is 7.08. The molecule has 1 aromatic heterocycles. The van der Waals surface area contributed by atoms with Gasteiger partial charge in [0.2, 0.25) is 5.91 Å². The summed E-state index contributed by atoms with van der Waals surface area (Å²) in [5.41, 5.74) is 3.05. The third kappa shape index (κ3) is 6.52. The third-order valence-electron chi connectivity index (χ3n) is 4.65. The maximum atomic E-state index is 12.1. The number of thioether (sulfide) groups is 1. The average molecular weight is 381 g/mol. The van der Waals surface area contributed by atoms with Crippen LogP contribution in [0.1, 0.15) is 43.6 Å². The van der Waals surface area contributed by atoms with E-state index in [0.29, 0.717) is 25.0 Å². The molecule has 1 aliphatic rings. The molecule has 0 spiro atoms. The number of ether oxygens (including phenoxy) is 1. The molecule has 7 heteroatoms. The smallest absolute Gasteiger partial charge is 0.220 e. The van der Waals surface area contributed by atoms with Gasteiger partial charge in [-0.2, -0.15) is 0 Å². The molecule has 1 aromatic rings. The number of nitrogens with zero attached hydrogens (tertiary/aromatic N) is 3. The van der Waals surface area contributed by atoms with E-state index in [0.717, 1.165) is 54.7 Å². The summed E-state index contributed by atoms with van der Waals surface area (Å²) < 4.78 is 5.75. The summed E-state index contributed by atoms with van der Waals surface area (Å²) in [6.45, 7) is 11.9. The Bertz CT molecular complexity index is 578. The molecule has 1 saturated heterocycles. The van der Waals surface area contributed by atoms with Gasteiger partial charge >= 0.3 is 0 Å². The second kappa shape index (κ2) is 10.2. The minimum absolute atomic E-state index is 0.0986. The first-order chi connectivity index (χ1) is 12.4. The number of rotatable bonds is 8. The van der Waals surface area contributed by atoms with Crippen molar-refractivity contribution in [2.45, 2.75) is 64.3 Å². The van der Waals surface area contributed by atoms with Gasteiger partial charge in [0.25, 0.3) is 0 Å². The molecule has 146 valence electrons. The molecule has 1 N–H and O–H groups in total. The van der Waals surface area contributed by atoms with Crippen LogP contribution < -0.4 is 5.32 Å². The first kappa shape index (κ1) is 21.1. The largest absolute Gasteiger partial charge is 0.373 e. The predicted molar refractivity (Wildman–Crippen MR) is 106 cm³/mol. The van der Waals surface area contributed by atoms with Gasteiger partial charge in [-0.3, -0.25) is 9.69 Å². The van der Waals surface area contributed by atoms with E-state index < -0.39 is 0 Å². The van der Waals surface area contributed by atoms with Crippen LogP contribution in [0.4, 0.5) is 0 Å². The number of aryl methyl sites for hydroxylation is 2. The van der Waals surface area contributed by atoms with Crippen LogP contribution in [0.3, 0.4) is 0 Å². The van der Waals surface area contributed by atoms with Gasteiger partial charge in [0, 0.05) is 44.0 Å². The summed E-state index contributed by atoms with van der Waals surface area (Å²) in [6.07, 6.45) is 4.69. The van der Waals surface area contributed by atoms with Gasteiger partial charge in [-0.1, -0.05) is 11.8 Å². The number of nitrogens with one attached hydrogen (secondary N) is 1. The lowest BCUT2D eigenvalue weighted by atomic mass is 10.1. The molecule has 0 aromatic carbocycles. The average Bonchev–Trinajstić information content (AvgIpc) is 2.57. The Balaban J connectivity index is 1.68. The first-order valence-electron chi connectivity index (χ1n) is 9.41. The quantitative estimate of drug-likeness (QED) is 0.424. The van der Waals surface area contributed by atoms with Crippen molar-refractivity contribution >= 4 is 17.7 Å². The minimum atomic E-state index is 0.0986. The fourth-order valence-electron chi connectivity index (χ4n) is 3.49. The van der Waals surface area contributed by atoms with Crippen LogP contribution >= 0.6 is 11.8 Å². The highest BCUT2D eigenvalue weighted by molar-refractivity contribution is 7.98. The van der Waals surface area contributed by atoms with Crippen molar-refractivity contribution in [3.8, 4) is 0 Å². The number of amides is 1. The Hall–Kier alpha value is -1.18. The number of carbonyl (C=O) groups is 1. The van der Waals surface area contributed by atoms with Gasteiger partial charge in [-0.05, 0) is 52.4 Å². The summed E-state index contributed by atoms with van der Waals surface area (Å²) in [7, 11) is 0. The molecule has 2 rings (SSSR count). The molecule has 1 aliphatic heterocycles. The van der Waals surface area contributed by atoms with Gasteiger partial charge in [-0.25, -0.2) is 9.97 Å². The van der Waals surface area contributed by atoms with E-state index in [4.69, 9.17) is 4.74 Å². The molecule has 26 heavy (non-hydrogen) atoms. The van der Waals surface area contributed by atoms with Crippen LogP contribution in [0.5, 0.6) is 0 Å². The molecule has 0 saturated carbocycles. The van der Waals surface area contributed by atoms with Crippen molar-refractivity contribution < 1.29 is 9.53 Å². The van der Waals surface area contributed by atoms with Crippen molar-refractivity contribution in [1.82, 2.24) is 20.2 Å². The topological polar surface area (TPSA) is 67.4 Å². The number of hydrogen-bond donors (Lipinski definition) is 1. The number of carbonyl (C=O) groups excluding carboxylic acids is 1. The Morgan fingerprint density at radius 1 is 1.23 bits per heavy atom. The van der Waals surface area contributed by atoms with E-state index in [2.05, 4.69) is 34.0 Å². The van der Waals surface area contributed by atoms with Gasteiger partial charge < -0.3 is 10.1 Å².